The zero-order valence-electron chi connectivity index (χ0n) is 9.54. The topological polar surface area (TPSA) is 35.5 Å². The molecule has 0 saturated carbocycles. The molecule has 0 radical (unpaired) electrons. The van der Waals surface area contributed by atoms with Gasteiger partial charge >= 0.3 is 5.97 Å². The van der Waals surface area contributed by atoms with Crippen LogP contribution in [0.5, 0.6) is 0 Å². The number of rotatable bonds is 10. The summed E-state index contributed by atoms with van der Waals surface area (Å²) in [6.45, 7) is 2.70. The maximum atomic E-state index is 10.8. The van der Waals surface area contributed by atoms with E-state index in [1.54, 1.807) is 0 Å². The highest BCUT2D eigenvalue weighted by atomic mass is 32.1. The largest absolute Gasteiger partial charge is 0.343 e. The van der Waals surface area contributed by atoms with Crippen molar-refractivity contribution in [2.45, 2.75) is 51.9 Å². The Morgan fingerprint density at radius 2 is 1.80 bits per heavy atom. The molecule has 0 atom stereocenters. The monoisotopic (exact) mass is 234 g/mol. The van der Waals surface area contributed by atoms with Gasteiger partial charge in [0.05, 0.1) is 13.0 Å². The van der Waals surface area contributed by atoms with Gasteiger partial charge in [-0.1, -0.05) is 39.0 Å². The van der Waals surface area contributed by atoms with Crippen LogP contribution in [0.2, 0.25) is 0 Å². The van der Waals surface area contributed by atoms with Gasteiger partial charge in [0, 0.05) is 5.75 Å². The fraction of sp³-hybridized carbons (Fsp3) is 0.909. The molecule has 0 saturated heterocycles. The molecule has 0 aliphatic heterocycles. The average Bonchev–Trinajstić information content (AvgIpc) is 2.22. The van der Waals surface area contributed by atoms with Crippen molar-refractivity contribution in [3.63, 3.8) is 0 Å². The maximum Gasteiger partial charge on any atom is 0.343 e. The highest BCUT2D eigenvalue weighted by molar-refractivity contribution is 7.80. The van der Waals surface area contributed by atoms with E-state index in [-0.39, 0.29) is 5.97 Å². The van der Waals surface area contributed by atoms with Crippen molar-refractivity contribution in [2.24, 2.45) is 0 Å². The van der Waals surface area contributed by atoms with Crippen LogP contribution in [-0.4, -0.2) is 18.3 Å². The fourth-order valence-corrected chi connectivity index (χ4v) is 1.36. The molecule has 90 valence electrons. The maximum absolute atomic E-state index is 10.8. The van der Waals surface area contributed by atoms with E-state index >= 15 is 0 Å². The highest BCUT2D eigenvalue weighted by Gasteiger charge is 2.01. The van der Waals surface area contributed by atoms with Crippen molar-refractivity contribution >= 4 is 18.6 Å². The van der Waals surface area contributed by atoms with Crippen molar-refractivity contribution < 1.29 is 14.6 Å². The number of hydrogen-bond donors (Lipinski definition) is 1. The van der Waals surface area contributed by atoms with Crippen molar-refractivity contribution in [2.75, 3.05) is 12.4 Å². The van der Waals surface area contributed by atoms with Crippen molar-refractivity contribution in [3.05, 3.63) is 0 Å². The number of unbranched alkanes of at least 4 members (excludes halogenated alkanes) is 5. The fourth-order valence-electron chi connectivity index (χ4n) is 1.18. The molecule has 0 unspecified atom stereocenters. The Balaban J connectivity index is 3.01. The summed E-state index contributed by atoms with van der Waals surface area (Å²) in [5.74, 6) is 0.162. The first-order valence-electron chi connectivity index (χ1n) is 5.74. The Bertz CT molecular complexity index is 151. The van der Waals surface area contributed by atoms with Crippen LogP contribution in [0.1, 0.15) is 51.9 Å². The lowest BCUT2D eigenvalue weighted by molar-refractivity contribution is -0.272. The van der Waals surface area contributed by atoms with E-state index in [0.717, 1.165) is 12.8 Å². The van der Waals surface area contributed by atoms with Crippen molar-refractivity contribution in [1.29, 1.82) is 0 Å². The lowest BCUT2D eigenvalue weighted by Crippen LogP contribution is -2.06. The first-order chi connectivity index (χ1) is 7.31. The quantitative estimate of drug-likeness (QED) is 0.273. The molecule has 0 fully saturated rings. The Labute approximate surface area is 97.9 Å². The molecule has 0 aromatic rings. The molecule has 0 aromatic heterocycles. The second-order valence-corrected chi connectivity index (χ2v) is 3.97. The van der Waals surface area contributed by atoms with Gasteiger partial charge in [0.2, 0.25) is 0 Å². The normalized spacial score (nSPS) is 10.3. The molecule has 4 heteroatoms. The SMILES string of the molecule is CCCCCCCCOOC(=O)CCS. The minimum absolute atomic E-state index is 0.305. The lowest BCUT2D eigenvalue weighted by atomic mass is 10.1. The van der Waals surface area contributed by atoms with Gasteiger partial charge in [0.25, 0.3) is 0 Å². The Morgan fingerprint density at radius 1 is 1.13 bits per heavy atom. The Hall–Kier alpha value is -0.220. The van der Waals surface area contributed by atoms with Gasteiger partial charge in [-0.05, 0) is 6.42 Å². The van der Waals surface area contributed by atoms with E-state index in [9.17, 15) is 4.79 Å². The standard InChI is InChI=1S/C11H22O3S/c1-2-3-4-5-6-7-9-13-14-11(12)8-10-15/h15H,2-10H2,1H3. The summed E-state index contributed by atoms with van der Waals surface area (Å²) in [7, 11) is 0. The third-order valence-electron chi connectivity index (χ3n) is 2.05. The molecule has 0 spiro atoms. The van der Waals surface area contributed by atoms with Crippen LogP contribution in [0.25, 0.3) is 0 Å². The van der Waals surface area contributed by atoms with Gasteiger partial charge in [-0.25, -0.2) is 4.79 Å². The molecule has 0 heterocycles. The molecule has 0 aliphatic rings. The van der Waals surface area contributed by atoms with Crippen LogP contribution in [-0.2, 0) is 14.6 Å². The highest BCUT2D eigenvalue weighted by Crippen LogP contribution is 2.05. The molecule has 0 aliphatic carbocycles. The zero-order chi connectivity index (χ0) is 11.4. The van der Waals surface area contributed by atoms with E-state index in [0.29, 0.717) is 18.8 Å². The lowest BCUT2D eigenvalue weighted by Gasteiger charge is -2.02. The molecular weight excluding hydrogens is 212 g/mol. The first-order valence-corrected chi connectivity index (χ1v) is 6.37. The predicted octanol–water partition coefficient (Wildman–Crippen LogP) is 3.14. The van der Waals surface area contributed by atoms with E-state index < -0.39 is 0 Å². The van der Waals surface area contributed by atoms with E-state index in [2.05, 4.69) is 24.4 Å². The molecular formula is C11H22O3S. The zero-order valence-corrected chi connectivity index (χ0v) is 10.4. The third kappa shape index (κ3) is 11.7. The summed E-state index contributed by atoms with van der Waals surface area (Å²) < 4.78 is 0. The summed E-state index contributed by atoms with van der Waals surface area (Å²) in [5.41, 5.74) is 0. The van der Waals surface area contributed by atoms with Crippen molar-refractivity contribution in [3.8, 4) is 0 Å². The summed E-state index contributed by atoms with van der Waals surface area (Å²) in [6.07, 6.45) is 7.49. The Morgan fingerprint density at radius 3 is 2.47 bits per heavy atom. The summed E-state index contributed by atoms with van der Waals surface area (Å²) in [5, 5.41) is 0. The number of hydrogen-bond acceptors (Lipinski definition) is 4. The average molecular weight is 234 g/mol. The van der Waals surface area contributed by atoms with E-state index in [1.807, 2.05) is 0 Å². The number of thiol groups is 1. The number of carbonyl (C=O) groups excluding carboxylic acids is 1. The van der Waals surface area contributed by atoms with Gasteiger partial charge in [-0.2, -0.15) is 17.5 Å². The smallest absolute Gasteiger partial charge is 0.298 e. The molecule has 3 nitrogen and oxygen atoms in total. The van der Waals surface area contributed by atoms with Crippen LogP contribution >= 0.6 is 12.6 Å². The molecule has 0 aromatic carbocycles. The second kappa shape index (κ2) is 11.9. The van der Waals surface area contributed by atoms with Gasteiger partial charge in [0.1, 0.15) is 0 Å². The molecule has 0 N–H and O–H groups in total. The first kappa shape index (κ1) is 14.8. The Kier molecular flexibility index (Phi) is 11.7. The van der Waals surface area contributed by atoms with Crippen LogP contribution in [0.4, 0.5) is 0 Å². The van der Waals surface area contributed by atoms with Gasteiger partial charge in [-0.15, -0.1) is 0 Å². The molecule has 0 bridgehead atoms. The van der Waals surface area contributed by atoms with Gasteiger partial charge in [0.15, 0.2) is 0 Å². The van der Waals surface area contributed by atoms with Crippen molar-refractivity contribution in [1.82, 2.24) is 0 Å². The van der Waals surface area contributed by atoms with E-state index in [1.165, 1.54) is 25.7 Å². The van der Waals surface area contributed by atoms with Crippen LogP contribution < -0.4 is 0 Å². The molecule has 15 heavy (non-hydrogen) atoms. The summed E-state index contributed by atoms with van der Waals surface area (Å²) in [4.78, 5) is 20.1. The number of carbonyl (C=O) groups is 1. The molecule has 0 amide bonds. The van der Waals surface area contributed by atoms with Gasteiger partial charge < -0.3 is 0 Å². The van der Waals surface area contributed by atoms with Crippen LogP contribution in [0.15, 0.2) is 0 Å². The van der Waals surface area contributed by atoms with Crippen LogP contribution in [0.3, 0.4) is 0 Å². The summed E-state index contributed by atoms with van der Waals surface area (Å²) >= 11 is 3.91. The van der Waals surface area contributed by atoms with E-state index in [4.69, 9.17) is 4.89 Å². The van der Waals surface area contributed by atoms with Crippen LogP contribution in [0, 0.1) is 0 Å². The predicted molar refractivity (Wildman–Crippen MR) is 63.9 cm³/mol. The second-order valence-electron chi connectivity index (χ2n) is 3.52. The van der Waals surface area contributed by atoms with Gasteiger partial charge in [-0.3, -0.25) is 4.89 Å². The minimum atomic E-state index is -0.337. The summed E-state index contributed by atoms with van der Waals surface area (Å²) in [6, 6.07) is 0. The third-order valence-corrected chi connectivity index (χ3v) is 2.27. The minimum Gasteiger partial charge on any atom is -0.298 e. The molecule has 0 rings (SSSR count).